The first-order chi connectivity index (χ1) is 8.39. The summed E-state index contributed by atoms with van der Waals surface area (Å²) in [5.41, 5.74) is -0.926. The number of likely N-dealkylation sites (tertiary alicyclic amines) is 1. The molecule has 1 aliphatic rings. The number of hydrogen-bond donors (Lipinski definition) is 3. The van der Waals surface area contributed by atoms with Crippen LogP contribution < -0.4 is 5.32 Å². The lowest BCUT2D eigenvalue weighted by Gasteiger charge is -2.31. The van der Waals surface area contributed by atoms with E-state index in [2.05, 4.69) is 5.32 Å². The van der Waals surface area contributed by atoms with Crippen LogP contribution >= 0.6 is 0 Å². The number of piperidine rings is 1. The summed E-state index contributed by atoms with van der Waals surface area (Å²) in [6.07, 6.45) is 1.30. The van der Waals surface area contributed by atoms with Gasteiger partial charge in [0.15, 0.2) is 0 Å². The molecule has 18 heavy (non-hydrogen) atoms. The van der Waals surface area contributed by atoms with Gasteiger partial charge in [-0.05, 0) is 26.2 Å². The second kappa shape index (κ2) is 6.04. The summed E-state index contributed by atoms with van der Waals surface area (Å²) in [4.78, 5) is 24.5. The summed E-state index contributed by atoms with van der Waals surface area (Å²) < 4.78 is 0. The molecule has 104 valence electrons. The van der Waals surface area contributed by atoms with Gasteiger partial charge in [-0.1, -0.05) is 6.92 Å². The monoisotopic (exact) mass is 258 g/mol. The van der Waals surface area contributed by atoms with Gasteiger partial charge in [-0.2, -0.15) is 0 Å². The third kappa shape index (κ3) is 3.60. The molecular weight excluding hydrogens is 236 g/mol. The van der Waals surface area contributed by atoms with Crippen molar-refractivity contribution in [2.24, 2.45) is 5.41 Å². The lowest BCUT2D eigenvalue weighted by Crippen LogP contribution is -2.49. The molecule has 0 bridgehead atoms. The highest BCUT2D eigenvalue weighted by Gasteiger charge is 2.32. The van der Waals surface area contributed by atoms with Crippen molar-refractivity contribution in [3.63, 3.8) is 0 Å². The molecule has 2 amide bonds. The molecule has 0 aliphatic carbocycles. The van der Waals surface area contributed by atoms with Gasteiger partial charge in [-0.15, -0.1) is 0 Å². The Bertz CT molecular complexity index is 313. The fourth-order valence-corrected chi connectivity index (χ4v) is 1.80. The lowest BCUT2D eigenvalue weighted by molar-refractivity contribution is -0.147. The Morgan fingerprint density at radius 3 is 2.39 bits per heavy atom. The molecule has 6 heteroatoms. The van der Waals surface area contributed by atoms with Crippen molar-refractivity contribution < 1.29 is 19.8 Å². The van der Waals surface area contributed by atoms with Crippen LogP contribution in [0.4, 0.5) is 4.79 Å². The average Bonchev–Trinajstić information content (AvgIpc) is 2.36. The molecule has 6 nitrogen and oxygen atoms in total. The van der Waals surface area contributed by atoms with E-state index >= 15 is 0 Å². The number of carbonyl (C=O) groups is 2. The zero-order valence-corrected chi connectivity index (χ0v) is 11.0. The van der Waals surface area contributed by atoms with Crippen molar-refractivity contribution in [3.8, 4) is 0 Å². The van der Waals surface area contributed by atoms with E-state index in [4.69, 9.17) is 5.11 Å². The van der Waals surface area contributed by atoms with Gasteiger partial charge >= 0.3 is 12.0 Å². The van der Waals surface area contributed by atoms with Crippen LogP contribution in [-0.4, -0.2) is 52.9 Å². The Morgan fingerprint density at radius 1 is 1.39 bits per heavy atom. The van der Waals surface area contributed by atoms with E-state index in [9.17, 15) is 14.7 Å². The minimum Gasteiger partial charge on any atom is -0.481 e. The number of carboxylic acids is 1. The predicted molar refractivity (Wildman–Crippen MR) is 66.2 cm³/mol. The Kier molecular flexibility index (Phi) is 4.95. The fourth-order valence-electron chi connectivity index (χ4n) is 1.80. The molecule has 0 aromatic heterocycles. The topological polar surface area (TPSA) is 89.9 Å². The molecule has 3 N–H and O–H groups in total. The third-order valence-corrected chi connectivity index (χ3v) is 3.68. The van der Waals surface area contributed by atoms with Crippen molar-refractivity contribution in [1.29, 1.82) is 0 Å². The number of hydrogen-bond acceptors (Lipinski definition) is 3. The normalized spacial score (nSPS) is 20.3. The number of carboxylic acid groups (broad SMARTS) is 1. The number of nitrogens with one attached hydrogen (secondary N) is 1. The fraction of sp³-hybridized carbons (Fsp3) is 0.833. The molecule has 1 heterocycles. The van der Waals surface area contributed by atoms with E-state index in [1.807, 2.05) is 0 Å². The Hall–Kier alpha value is -1.30. The van der Waals surface area contributed by atoms with E-state index < -0.39 is 11.4 Å². The van der Waals surface area contributed by atoms with Crippen LogP contribution in [0.3, 0.4) is 0 Å². The Labute approximate surface area is 107 Å². The van der Waals surface area contributed by atoms with Gasteiger partial charge in [0, 0.05) is 19.6 Å². The number of aliphatic hydroxyl groups excluding tert-OH is 1. The van der Waals surface area contributed by atoms with Gasteiger partial charge in [-0.3, -0.25) is 4.79 Å². The summed E-state index contributed by atoms with van der Waals surface area (Å²) in [5, 5.41) is 21.1. The summed E-state index contributed by atoms with van der Waals surface area (Å²) in [6.45, 7) is 4.57. The quantitative estimate of drug-likeness (QED) is 0.690. The highest BCUT2D eigenvalue weighted by Crippen LogP contribution is 2.20. The first-order valence-corrected chi connectivity index (χ1v) is 6.33. The van der Waals surface area contributed by atoms with E-state index in [-0.39, 0.29) is 18.7 Å². The van der Waals surface area contributed by atoms with Crippen LogP contribution in [0.1, 0.15) is 33.1 Å². The van der Waals surface area contributed by atoms with Crippen LogP contribution in [0.5, 0.6) is 0 Å². The molecule has 1 fully saturated rings. The maximum Gasteiger partial charge on any atom is 0.317 e. The second-order valence-electron chi connectivity index (χ2n) is 5.10. The predicted octanol–water partition coefficient (Wildman–Crippen LogP) is 0.654. The number of aliphatic carboxylic acids is 1. The second-order valence-corrected chi connectivity index (χ2v) is 5.10. The zero-order valence-electron chi connectivity index (χ0n) is 11.0. The minimum absolute atomic E-state index is 0.122. The first-order valence-electron chi connectivity index (χ1n) is 6.33. The highest BCUT2D eigenvalue weighted by atomic mass is 16.4. The van der Waals surface area contributed by atoms with Gasteiger partial charge < -0.3 is 20.4 Å². The lowest BCUT2D eigenvalue weighted by atomic mass is 9.88. The minimum atomic E-state index is -0.926. The maximum atomic E-state index is 11.8. The molecule has 1 saturated heterocycles. The van der Waals surface area contributed by atoms with E-state index in [0.717, 1.165) is 0 Å². The van der Waals surface area contributed by atoms with E-state index in [1.165, 1.54) is 0 Å². The standard InChI is InChI=1S/C12H22N2O4/c1-3-12(2,10(16)17)8-13-11(18)14-6-4-9(15)5-7-14/h9,15H,3-8H2,1-2H3,(H,13,18)(H,16,17). The number of urea groups is 1. The summed E-state index contributed by atoms with van der Waals surface area (Å²) >= 11 is 0. The summed E-state index contributed by atoms with van der Waals surface area (Å²) in [6, 6.07) is -0.247. The molecule has 1 atom stereocenters. The Balaban J connectivity index is 2.43. The first kappa shape index (κ1) is 14.8. The number of carbonyl (C=O) groups excluding carboxylic acids is 1. The number of rotatable bonds is 4. The smallest absolute Gasteiger partial charge is 0.317 e. The van der Waals surface area contributed by atoms with Crippen LogP contribution in [0.2, 0.25) is 0 Å². The van der Waals surface area contributed by atoms with E-state index in [0.29, 0.717) is 32.4 Å². The van der Waals surface area contributed by atoms with Crippen molar-refractivity contribution in [3.05, 3.63) is 0 Å². The molecule has 0 saturated carbocycles. The SMILES string of the molecule is CCC(C)(CNC(=O)N1CCC(O)CC1)C(=O)O. The van der Waals surface area contributed by atoms with Crippen LogP contribution in [0.25, 0.3) is 0 Å². The van der Waals surface area contributed by atoms with Gasteiger partial charge in [-0.25, -0.2) is 4.79 Å². The molecule has 1 unspecified atom stereocenters. The van der Waals surface area contributed by atoms with Crippen LogP contribution in [-0.2, 0) is 4.79 Å². The molecular formula is C12H22N2O4. The van der Waals surface area contributed by atoms with Gasteiger partial charge in [0.05, 0.1) is 11.5 Å². The van der Waals surface area contributed by atoms with Crippen molar-refractivity contribution in [2.75, 3.05) is 19.6 Å². The zero-order chi connectivity index (χ0) is 13.8. The number of amides is 2. The average molecular weight is 258 g/mol. The van der Waals surface area contributed by atoms with Crippen LogP contribution in [0, 0.1) is 5.41 Å². The summed E-state index contributed by atoms with van der Waals surface area (Å²) in [7, 11) is 0. The van der Waals surface area contributed by atoms with Gasteiger partial charge in [0.1, 0.15) is 0 Å². The molecule has 0 aromatic rings. The van der Waals surface area contributed by atoms with Crippen molar-refractivity contribution >= 4 is 12.0 Å². The number of nitrogens with zero attached hydrogens (tertiary/aromatic N) is 1. The number of aliphatic hydroxyl groups is 1. The molecule has 0 spiro atoms. The van der Waals surface area contributed by atoms with Crippen LogP contribution in [0.15, 0.2) is 0 Å². The maximum absolute atomic E-state index is 11.8. The van der Waals surface area contributed by atoms with E-state index in [1.54, 1.807) is 18.7 Å². The molecule has 1 aliphatic heterocycles. The summed E-state index contributed by atoms with van der Waals surface area (Å²) in [5.74, 6) is -0.903. The van der Waals surface area contributed by atoms with Gasteiger partial charge in [0.25, 0.3) is 0 Å². The third-order valence-electron chi connectivity index (χ3n) is 3.68. The molecule has 1 rings (SSSR count). The van der Waals surface area contributed by atoms with Gasteiger partial charge in [0.2, 0.25) is 0 Å². The Morgan fingerprint density at radius 2 is 1.94 bits per heavy atom. The largest absolute Gasteiger partial charge is 0.481 e. The molecule has 0 aromatic carbocycles. The highest BCUT2D eigenvalue weighted by molar-refractivity contribution is 5.77. The van der Waals surface area contributed by atoms with Crippen molar-refractivity contribution in [2.45, 2.75) is 39.2 Å². The van der Waals surface area contributed by atoms with Crippen molar-refractivity contribution in [1.82, 2.24) is 10.2 Å². The molecule has 0 radical (unpaired) electrons.